The molecule has 2 atom stereocenters. The molecule has 0 saturated heterocycles. The minimum Gasteiger partial charge on any atom is -0.392 e. The van der Waals surface area contributed by atoms with Gasteiger partial charge in [-0.05, 0) is 30.2 Å². The van der Waals surface area contributed by atoms with Crippen LogP contribution < -0.4 is 4.90 Å². The molecule has 1 aromatic carbocycles. The Balaban J connectivity index is 1.87. The molecule has 0 unspecified atom stereocenters. The van der Waals surface area contributed by atoms with Crippen molar-refractivity contribution in [2.75, 3.05) is 11.4 Å². The van der Waals surface area contributed by atoms with Gasteiger partial charge in [-0.2, -0.15) is 41.6 Å². The van der Waals surface area contributed by atoms with Crippen LogP contribution in [0.2, 0.25) is 5.02 Å². The quantitative estimate of drug-likeness (QED) is 0.494. The van der Waals surface area contributed by atoms with Gasteiger partial charge >= 0.3 is 12.4 Å². The first-order chi connectivity index (χ1) is 15.9. The fourth-order valence-corrected chi connectivity index (χ4v) is 4.19. The maximum absolute atomic E-state index is 13.3. The molecule has 0 saturated carbocycles. The molecule has 180 valence electrons. The summed E-state index contributed by atoms with van der Waals surface area (Å²) in [6.45, 7) is -0.0466. The van der Waals surface area contributed by atoms with Gasteiger partial charge in [0.15, 0.2) is 0 Å². The van der Waals surface area contributed by atoms with Crippen LogP contribution in [0, 0.1) is 11.3 Å². The van der Waals surface area contributed by atoms with Gasteiger partial charge in [0.1, 0.15) is 0 Å². The zero-order valence-electron chi connectivity index (χ0n) is 17.0. The lowest BCUT2D eigenvalue weighted by atomic mass is 9.93. The Morgan fingerprint density at radius 2 is 1.79 bits per heavy atom. The van der Waals surface area contributed by atoms with Crippen molar-refractivity contribution in [3.63, 3.8) is 0 Å². The van der Waals surface area contributed by atoms with Crippen molar-refractivity contribution in [3.8, 4) is 6.07 Å². The van der Waals surface area contributed by atoms with E-state index in [0.29, 0.717) is 16.2 Å². The Morgan fingerprint density at radius 1 is 1.15 bits per heavy atom. The number of aromatic nitrogens is 4. The summed E-state index contributed by atoms with van der Waals surface area (Å²) in [6, 6.07) is 5.86. The van der Waals surface area contributed by atoms with Gasteiger partial charge in [0.05, 0.1) is 24.6 Å². The number of hydrogen-bond acceptors (Lipinski definition) is 6. The molecule has 0 bridgehead atoms. The minimum atomic E-state index is -5.24. The molecule has 3 heterocycles. The highest BCUT2D eigenvalue weighted by Crippen LogP contribution is 2.41. The molecule has 3 aromatic rings. The Bertz CT molecular complexity index is 1240. The average Bonchev–Trinajstić information content (AvgIpc) is 3.11. The van der Waals surface area contributed by atoms with E-state index in [2.05, 4.69) is 19.9 Å². The fraction of sp³-hybridized carbons (Fsp3) is 0.400. The predicted octanol–water partition coefficient (Wildman–Crippen LogP) is 4.81. The Hall–Kier alpha value is -3.11. The van der Waals surface area contributed by atoms with Gasteiger partial charge in [-0.1, -0.05) is 11.6 Å². The molecule has 0 fully saturated rings. The van der Waals surface area contributed by atoms with Gasteiger partial charge in [-0.15, -0.1) is 0 Å². The lowest BCUT2D eigenvalue weighted by Crippen LogP contribution is -2.39. The van der Waals surface area contributed by atoms with Crippen LogP contribution >= 0.6 is 11.6 Å². The monoisotopic (exact) mass is 504 g/mol. The highest BCUT2D eigenvalue weighted by molar-refractivity contribution is 6.31. The summed E-state index contributed by atoms with van der Waals surface area (Å²) in [5, 5.41) is 20.4. The minimum absolute atomic E-state index is 0.0466. The van der Waals surface area contributed by atoms with Crippen LogP contribution in [0.3, 0.4) is 0 Å². The van der Waals surface area contributed by atoms with Crippen LogP contribution in [-0.2, 0) is 18.8 Å². The predicted molar refractivity (Wildman–Crippen MR) is 108 cm³/mol. The molecular formula is C20H15ClF6N6O. The van der Waals surface area contributed by atoms with Crippen LogP contribution in [0.1, 0.15) is 41.8 Å². The van der Waals surface area contributed by atoms with Crippen LogP contribution in [-0.4, -0.2) is 37.7 Å². The summed E-state index contributed by atoms with van der Waals surface area (Å²) in [5.74, 6) is -4.78. The summed E-state index contributed by atoms with van der Waals surface area (Å²) in [6.07, 6.45) is -11.9. The number of benzene rings is 1. The molecule has 2 aromatic heterocycles. The number of anilines is 1. The van der Waals surface area contributed by atoms with Crippen LogP contribution in [0.25, 0.3) is 10.9 Å². The van der Waals surface area contributed by atoms with Crippen molar-refractivity contribution < 1.29 is 31.4 Å². The number of alkyl halides is 6. The standard InChI is InChI=1S/C20H15ClF6N6O/c21-9-1-2-13-12(7-9)11-4-6-33(14(15(11)29-13)8-10(34)3-5-28)18-31-16(19(22,23)24)30-17(32-18)20(25,26)27/h1-2,7,10,14,29,34H,3-4,6,8H2/t10-,14-/m0/s1. The Morgan fingerprint density at radius 3 is 2.38 bits per heavy atom. The summed E-state index contributed by atoms with van der Waals surface area (Å²) in [7, 11) is 0. The summed E-state index contributed by atoms with van der Waals surface area (Å²) < 4.78 is 79.8. The van der Waals surface area contributed by atoms with Gasteiger partial charge in [-0.3, -0.25) is 0 Å². The summed E-state index contributed by atoms with van der Waals surface area (Å²) in [4.78, 5) is 13.4. The van der Waals surface area contributed by atoms with E-state index in [-0.39, 0.29) is 25.8 Å². The van der Waals surface area contributed by atoms with E-state index >= 15 is 0 Å². The van der Waals surface area contributed by atoms with Gasteiger partial charge in [-0.25, -0.2) is 4.98 Å². The van der Waals surface area contributed by atoms with Crippen molar-refractivity contribution in [2.24, 2.45) is 0 Å². The van der Waals surface area contributed by atoms with Gasteiger partial charge < -0.3 is 15.0 Å². The highest BCUT2D eigenvalue weighted by atomic mass is 35.5. The number of H-pyrrole nitrogens is 1. The molecule has 1 aliphatic heterocycles. The average molecular weight is 505 g/mol. The first-order valence-corrected chi connectivity index (χ1v) is 10.3. The van der Waals surface area contributed by atoms with E-state index < -0.39 is 42.1 Å². The van der Waals surface area contributed by atoms with Crippen molar-refractivity contribution in [1.82, 2.24) is 19.9 Å². The maximum atomic E-state index is 13.3. The second kappa shape index (κ2) is 8.59. The van der Waals surface area contributed by atoms with Crippen molar-refractivity contribution in [2.45, 2.75) is 43.8 Å². The Labute approximate surface area is 193 Å². The number of nitrogens with zero attached hydrogens (tertiary/aromatic N) is 5. The molecule has 0 spiro atoms. The lowest BCUT2D eigenvalue weighted by Gasteiger charge is -2.37. The number of aromatic amines is 1. The van der Waals surface area contributed by atoms with Crippen molar-refractivity contribution in [1.29, 1.82) is 5.26 Å². The zero-order valence-corrected chi connectivity index (χ0v) is 17.8. The van der Waals surface area contributed by atoms with E-state index in [0.717, 1.165) is 15.8 Å². The third kappa shape index (κ3) is 4.60. The van der Waals surface area contributed by atoms with E-state index in [1.165, 1.54) is 0 Å². The lowest BCUT2D eigenvalue weighted by molar-refractivity contribution is -0.155. The molecule has 4 rings (SSSR count). The first-order valence-electron chi connectivity index (χ1n) is 9.90. The normalized spacial score (nSPS) is 17.5. The highest BCUT2D eigenvalue weighted by Gasteiger charge is 2.43. The van der Waals surface area contributed by atoms with E-state index in [4.69, 9.17) is 16.9 Å². The van der Waals surface area contributed by atoms with Crippen molar-refractivity contribution >= 4 is 28.5 Å². The second-order valence-electron chi connectivity index (χ2n) is 7.70. The maximum Gasteiger partial charge on any atom is 0.451 e. The molecule has 14 heteroatoms. The van der Waals surface area contributed by atoms with Gasteiger partial charge in [0, 0.05) is 34.6 Å². The largest absolute Gasteiger partial charge is 0.451 e. The number of fused-ring (bicyclic) bond motifs is 3. The molecule has 0 aliphatic carbocycles. The molecule has 0 radical (unpaired) electrons. The third-order valence-electron chi connectivity index (χ3n) is 5.42. The van der Waals surface area contributed by atoms with Crippen molar-refractivity contribution in [3.05, 3.63) is 46.1 Å². The molecule has 34 heavy (non-hydrogen) atoms. The number of nitriles is 1. The smallest absolute Gasteiger partial charge is 0.392 e. The Kier molecular flexibility index (Phi) is 6.07. The SMILES string of the molecule is N#CC[C@H](O)C[C@H]1c2[nH]c3ccc(Cl)cc3c2CCN1c1nc(C(F)(F)F)nc(C(F)(F)F)n1. The second-order valence-corrected chi connectivity index (χ2v) is 8.13. The van der Waals surface area contributed by atoms with Crippen LogP contribution in [0.15, 0.2) is 18.2 Å². The number of aliphatic hydroxyl groups is 1. The molecule has 7 nitrogen and oxygen atoms in total. The number of halogens is 7. The number of aliphatic hydroxyl groups excluding tert-OH is 1. The molecular weight excluding hydrogens is 490 g/mol. The topological polar surface area (TPSA) is 102 Å². The van der Waals surface area contributed by atoms with E-state index in [1.54, 1.807) is 24.3 Å². The number of hydrogen-bond donors (Lipinski definition) is 2. The third-order valence-corrected chi connectivity index (χ3v) is 5.66. The van der Waals surface area contributed by atoms with E-state index in [9.17, 15) is 31.4 Å². The van der Waals surface area contributed by atoms with Gasteiger partial charge in [0.25, 0.3) is 0 Å². The first kappa shape index (κ1) is 24.0. The van der Waals surface area contributed by atoms with Gasteiger partial charge in [0.2, 0.25) is 17.6 Å². The fourth-order valence-electron chi connectivity index (χ4n) is 4.02. The number of nitrogens with one attached hydrogen (secondary N) is 1. The van der Waals surface area contributed by atoms with Crippen LogP contribution in [0.5, 0.6) is 0 Å². The molecule has 0 amide bonds. The van der Waals surface area contributed by atoms with E-state index in [1.807, 2.05) is 0 Å². The molecule has 2 N–H and O–H groups in total. The molecule has 1 aliphatic rings. The zero-order chi connectivity index (χ0) is 24.8. The summed E-state index contributed by atoms with van der Waals surface area (Å²) in [5.41, 5.74) is 1.87. The van der Waals surface area contributed by atoms with Crippen LogP contribution in [0.4, 0.5) is 32.3 Å². The summed E-state index contributed by atoms with van der Waals surface area (Å²) >= 11 is 6.08. The number of rotatable bonds is 4.